The first-order valence-corrected chi connectivity index (χ1v) is 13.7. The number of hydrogen-bond donors (Lipinski definition) is 1. The van der Waals surface area contributed by atoms with Crippen molar-refractivity contribution in [2.45, 2.75) is 32.7 Å². The third-order valence-corrected chi connectivity index (χ3v) is 9.22. The van der Waals surface area contributed by atoms with Gasteiger partial charge in [0.15, 0.2) is 0 Å². The molecule has 1 aliphatic heterocycles. The molecule has 3 aromatic rings. The lowest BCUT2D eigenvalue weighted by Crippen LogP contribution is -2.47. The molecule has 0 spiro atoms. The maximum atomic E-state index is 12.8. The van der Waals surface area contributed by atoms with E-state index in [9.17, 15) is 13.2 Å². The second-order valence-corrected chi connectivity index (χ2v) is 11.9. The van der Waals surface area contributed by atoms with Gasteiger partial charge in [0, 0.05) is 36.5 Å². The maximum absolute atomic E-state index is 12.8. The van der Waals surface area contributed by atoms with Crippen LogP contribution in [0, 0.1) is 5.92 Å². The van der Waals surface area contributed by atoms with Crippen molar-refractivity contribution >= 4 is 37.7 Å². The van der Waals surface area contributed by atoms with Gasteiger partial charge in [-0.1, -0.05) is 37.3 Å². The summed E-state index contributed by atoms with van der Waals surface area (Å²) >= 11 is 1.66. The zero-order valence-corrected chi connectivity index (χ0v) is 20.3. The fourth-order valence-corrected chi connectivity index (χ4v) is 7.21. The molecule has 0 saturated carbocycles. The first-order chi connectivity index (χ1) is 15.9. The number of hydrogen-bond acceptors (Lipinski definition) is 6. The van der Waals surface area contributed by atoms with Gasteiger partial charge in [-0.2, -0.15) is 4.31 Å². The van der Waals surface area contributed by atoms with E-state index in [-0.39, 0.29) is 5.56 Å². The molecular formula is C24H28N4O3S2. The Hall–Kier alpha value is -2.33. The summed E-state index contributed by atoms with van der Waals surface area (Å²) in [6, 6.07) is 9.41. The summed E-state index contributed by atoms with van der Waals surface area (Å²) in [7, 11) is -3.47. The third-order valence-electron chi connectivity index (χ3n) is 6.51. The highest BCUT2D eigenvalue weighted by molar-refractivity contribution is 7.92. The van der Waals surface area contributed by atoms with E-state index >= 15 is 0 Å². The van der Waals surface area contributed by atoms with Gasteiger partial charge in [-0.25, -0.2) is 13.4 Å². The fraction of sp³-hybridized carbons (Fsp3) is 0.417. The largest absolute Gasteiger partial charge is 0.309 e. The van der Waals surface area contributed by atoms with Gasteiger partial charge in [-0.15, -0.1) is 11.3 Å². The predicted molar refractivity (Wildman–Crippen MR) is 133 cm³/mol. The number of piperazine rings is 1. The van der Waals surface area contributed by atoms with Crippen LogP contribution < -0.4 is 5.56 Å². The van der Waals surface area contributed by atoms with Crippen LogP contribution >= 0.6 is 11.3 Å². The molecule has 2 aromatic heterocycles. The average molecular weight is 485 g/mol. The Morgan fingerprint density at radius 3 is 2.70 bits per heavy atom. The maximum Gasteiger partial charge on any atom is 0.259 e. The number of nitrogens with one attached hydrogen (secondary N) is 1. The molecule has 2 aliphatic rings. The van der Waals surface area contributed by atoms with Gasteiger partial charge in [0.05, 0.1) is 11.9 Å². The molecule has 9 heteroatoms. The van der Waals surface area contributed by atoms with Crippen LogP contribution in [0.3, 0.4) is 0 Å². The molecule has 3 heterocycles. The summed E-state index contributed by atoms with van der Waals surface area (Å²) in [6.07, 6.45) is 4.73. The normalized spacial score (nSPS) is 20.5. The van der Waals surface area contributed by atoms with Crippen LogP contribution in [0.5, 0.6) is 0 Å². The number of aromatic nitrogens is 2. The minimum Gasteiger partial charge on any atom is -0.309 e. The minimum atomic E-state index is -3.47. The first kappa shape index (κ1) is 22.5. The zero-order chi connectivity index (χ0) is 23.0. The van der Waals surface area contributed by atoms with Crippen molar-refractivity contribution in [1.82, 2.24) is 19.2 Å². The summed E-state index contributed by atoms with van der Waals surface area (Å²) in [5.74, 6) is 1.30. The summed E-state index contributed by atoms with van der Waals surface area (Å²) in [5, 5.41) is 2.05. The molecule has 0 bridgehead atoms. The number of aromatic amines is 1. The van der Waals surface area contributed by atoms with E-state index in [0.29, 0.717) is 44.5 Å². The highest BCUT2D eigenvalue weighted by atomic mass is 32.2. The second-order valence-electron chi connectivity index (χ2n) is 8.98. The summed E-state index contributed by atoms with van der Waals surface area (Å²) in [6.45, 7) is 4.79. The molecule has 1 saturated heterocycles. The molecule has 1 atom stereocenters. The van der Waals surface area contributed by atoms with Gasteiger partial charge in [-0.3, -0.25) is 9.69 Å². The van der Waals surface area contributed by atoms with Crippen LogP contribution in [-0.2, 0) is 29.4 Å². The summed E-state index contributed by atoms with van der Waals surface area (Å²) < 4.78 is 26.9. The Bertz CT molecular complexity index is 1340. The van der Waals surface area contributed by atoms with Crippen molar-refractivity contribution in [2.24, 2.45) is 5.92 Å². The Kier molecular flexibility index (Phi) is 6.22. The van der Waals surface area contributed by atoms with Crippen LogP contribution in [-0.4, -0.2) is 53.8 Å². The number of sulfonamides is 1. The Balaban J connectivity index is 1.25. The molecule has 1 N–H and O–H groups in total. The summed E-state index contributed by atoms with van der Waals surface area (Å²) in [4.78, 5) is 24.9. The van der Waals surface area contributed by atoms with Crippen molar-refractivity contribution in [1.29, 1.82) is 0 Å². The van der Waals surface area contributed by atoms with Gasteiger partial charge >= 0.3 is 0 Å². The van der Waals surface area contributed by atoms with Gasteiger partial charge < -0.3 is 4.98 Å². The van der Waals surface area contributed by atoms with E-state index in [1.807, 2.05) is 30.3 Å². The molecule has 1 unspecified atom stereocenters. The number of rotatable bonds is 5. The zero-order valence-electron chi connectivity index (χ0n) is 18.7. The SMILES string of the molecule is CC1CCc2c(sc3nc(CN4CCN(S(=O)(=O)C=Cc5ccccc5)CC4)[nH]c(=O)c23)C1. The Morgan fingerprint density at radius 2 is 1.94 bits per heavy atom. The van der Waals surface area contributed by atoms with Crippen molar-refractivity contribution in [3.63, 3.8) is 0 Å². The smallest absolute Gasteiger partial charge is 0.259 e. The van der Waals surface area contributed by atoms with Crippen molar-refractivity contribution in [3.8, 4) is 0 Å². The highest BCUT2D eigenvalue weighted by Crippen LogP contribution is 2.35. The third kappa shape index (κ3) is 4.82. The lowest BCUT2D eigenvalue weighted by atomic mass is 9.89. The summed E-state index contributed by atoms with van der Waals surface area (Å²) in [5.41, 5.74) is 2.00. The van der Waals surface area contributed by atoms with E-state index in [1.54, 1.807) is 17.4 Å². The van der Waals surface area contributed by atoms with E-state index in [1.165, 1.54) is 20.2 Å². The minimum absolute atomic E-state index is 0.0469. The van der Waals surface area contributed by atoms with Gasteiger partial charge in [0.25, 0.3) is 5.56 Å². The van der Waals surface area contributed by atoms with E-state index in [0.717, 1.165) is 35.0 Å². The standard InChI is InChI=1S/C24H28N4O3S2/c1-17-7-8-19-20(15-17)32-24-22(19)23(29)25-21(26-24)16-27-10-12-28(13-11-27)33(30,31)14-9-18-5-3-2-4-6-18/h2-6,9,14,17H,7-8,10-13,15-16H2,1H3,(H,25,26,29). The first-order valence-electron chi connectivity index (χ1n) is 11.4. The molecular weight excluding hydrogens is 456 g/mol. The van der Waals surface area contributed by atoms with Crippen LogP contribution in [0.25, 0.3) is 16.3 Å². The van der Waals surface area contributed by atoms with Gasteiger partial charge in [0.1, 0.15) is 10.7 Å². The lowest BCUT2D eigenvalue weighted by molar-refractivity contribution is 0.179. The number of thiophene rings is 1. The average Bonchev–Trinajstić information content (AvgIpc) is 3.16. The number of H-pyrrole nitrogens is 1. The van der Waals surface area contributed by atoms with Crippen molar-refractivity contribution < 1.29 is 8.42 Å². The molecule has 7 nitrogen and oxygen atoms in total. The fourth-order valence-electron chi connectivity index (χ4n) is 4.64. The molecule has 5 rings (SSSR count). The molecule has 1 aliphatic carbocycles. The monoisotopic (exact) mass is 484 g/mol. The second kappa shape index (κ2) is 9.13. The number of benzene rings is 1. The van der Waals surface area contributed by atoms with Crippen LogP contribution in [0.15, 0.2) is 40.5 Å². The number of aryl methyl sites for hydroxylation is 1. The topological polar surface area (TPSA) is 86.4 Å². The van der Waals surface area contributed by atoms with Crippen LogP contribution in [0.4, 0.5) is 0 Å². The van der Waals surface area contributed by atoms with Crippen molar-refractivity contribution in [3.05, 3.63) is 67.9 Å². The predicted octanol–water partition coefficient (Wildman–Crippen LogP) is 3.23. The molecule has 33 heavy (non-hydrogen) atoms. The Morgan fingerprint density at radius 1 is 1.18 bits per heavy atom. The van der Waals surface area contributed by atoms with Crippen LogP contribution in [0.1, 0.15) is 35.2 Å². The van der Waals surface area contributed by atoms with Gasteiger partial charge in [-0.05, 0) is 42.4 Å². The van der Waals surface area contributed by atoms with E-state index in [4.69, 9.17) is 4.98 Å². The Labute approximate surface area is 197 Å². The molecule has 1 aromatic carbocycles. The van der Waals surface area contributed by atoms with Crippen LogP contribution in [0.2, 0.25) is 0 Å². The quantitative estimate of drug-likeness (QED) is 0.601. The van der Waals surface area contributed by atoms with E-state index < -0.39 is 10.0 Å². The molecule has 0 radical (unpaired) electrons. The number of fused-ring (bicyclic) bond motifs is 3. The van der Waals surface area contributed by atoms with E-state index in [2.05, 4.69) is 16.8 Å². The highest BCUT2D eigenvalue weighted by Gasteiger charge is 2.26. The van der Waals surface area contributed by atoms with Gasteiger partial charge in [0.2, 0.25) is 10.0 Å². The van der Waals surface area contributed by atoms with Crippen molar-refractivity contribution in [2.75, 3.05) is 26.2 Å². The molecule has 1 fully saturated rings. The lowest BCUT2D eigenvalue weighted by Gasteiger charge is -2.32. The number of nitrogens with zero attached hydrogens (tertiary/aromatic N) is 3. The molecule has 0 amide bonds. The molecule has 174 valence electrons.